The molecule has 1 aromatic carbocycles. The number of aryl methyl sites for hydroxylation is 1. The average molecular weight is 368 g/mol. The molecule has 1 fully saturated rings. The lowest BCUT2D eigenvalue weighted by Crippen LogP contribution is -2.20. The number of fused-ring (bicyclic) bond motifs is 3. The van der Waals surface area contributed by atoms with Crippen LogP contribution in [-0.4, -0.2) is 9.55 Å². The predicted molar refractivity (Wildman–Crippen MR) is 86.0 cm³/mol. The highest BCUT2D eigenvalue weighted by Gasteiger charge is 2.29. The lowest BCUT2D eigenvalue weighted by Gasteiger charge is -2.12. The summed E-state index contributed by atoms with van der Waals surface area (Å²) in [4.78, 5) is 17.1. The molecule has 0 amide bonds. The summed E-state index contributed by atoms with van der Waals surface area (Å²) in [5.41, 5.74) is 2.81. The van der Waals surface area contributed by atoms with Gasteiger partial charge in [-0.25, -0.2) is 4.98 Å². The minimum Gasteiger partial charge on any atom is -0.438 e. The Morgan fingerprint density at radius 3 is 2.90 bits per heavy atom. The van der Waals surface area contributed by atoms with Crippen molar-refractivity contribution in [3.8, 4) is 0 Å². The molecule has 0 aliphatic heterocycles. The van der Waals surface area contributed by atoms with Gasteiger partial charge in [-0.3, -0.25) is 4.79 Å². The number of halogens is 2. The summed E-state index contributed by atoms with van der Waals surface area (Å²) >= 11 is 9.35. The fourth-order valence-corrected chi connectivity index (χ4v) is 3.25. The standard InChI is InChI=1S/C15H12BrClN2O2/c1-7-10(16)5-4-9-13(7)19(8-2-3-8)15(20)12-14(9)21-11(6-17)18-12/h4-5,8H,2-3,6H2,1H3. The molecule has 6 heteroatoms. The van der Waals surface area contributed by atoms with Gasteiger partial charge in [0.2, 0.25) is 5.89 Å². The molecule has 0 saturated heterocycles. The van der Waals surface area contributed by atoms with Crippen LogP contribution in [-0.2, 0) is 5.88 Å². The van der Waals surface area contributed by atoms with Crippen molar-refractivity contribution in [3.05, 3.63) is 38.4 Å². The molecule has 3 aromatic rings. The largest absolute Gasteiger partial charge is 0.438 e. The zero-order chi connectivity index (χ0) is 14.7. The van der Waals surface area contributed by atoms with Crippen molar-refractivity contribution >= 4 is 49.5 Å². The third-order valence-electron chi connectivity index (χ3n) is 3.97. The molecule has 2 aromatic heterocycles. The monoisotopic (exact) mass is 366 g/mol. The highest BCUT2D eigenvalue weighted by Crippen LogP contribution is 2.39. The number of benzene rings is 1. The molecule has 21 heavy (non-hydrogen) atoms. The van der Waals surface area contributed by atoms with E-state index in [-0.39, 0.29) is 17.5 Å². The number of rotatable bonds is 2. The maximum atomic E-state index is 12.8. The smallest absolute Gasteiger partial charge is 0.281 e. The van der Waals surface area contributed by atoms with Crippen molar-refractivity contribution in [1.82, 2.24) is 9.55 Å². The van der Waals surface area contributed by atoms with Gasteiger partial charge in [-0.1, -0.05) is 15.9 Å². The molecule has 4 rings (SSSR count). The van der Waals surface area contributed by atoms with Crippen molar-refractivity contribution < 1.29 is 4.42 Å². The van der Waals surface area contributed by atoms with E-state index in [1.54, 1.807) is 0 Å². The number of aromatic nitrogens is 2. The Kier molecular flexibility index (Phi) is 2.91. The Morgan fingerprint density at radius 1 is 1.48 bits per heavy atom. The molecular weight excluding hydrogens is 356 g/mol. The highest BCUT2D eigenvalue weighted by molar-refractivity contribution is 9.10. The minimum atomic E-state index is -0.0821. The summed E-state index contributed by atoms with van der Waals surface area (Å²) in [6, 6.07) is 4.21. The van der Waals surface area contributed by atoms with Crippen LogP contribution in [0.5, 0.6) is 0 Å². The van der Waals surface area contributed by atoms with Crippen LogP contribution in [0.1, 0.15) is 30.3 Å². The maximum absolute atomic E-state index is 12.8. The molecule has 108 valence electrons. The number of alkyl halides is 1. The van der Waals surface area contributed by atoms with Crippen LogP contribution < -0.4 is 5.56 Å². The topological polar surface area (TPSA) is 48.0 Å². The Balaban J connectivity index is 2.27. The van der Waals surface area contributed by atoms with Crippen LogP contribution in [0.2, 0.25) is 0 Å². The number of hydrogen-bond acceptors (Lipinski definition) is 3. The van der Waals surface area contributed by atoms with Gasteiger partial charge in [0.05, 0.1) is 11.4 Å². The van der Waals surface area contributed by atoms with Crippen LogP contribution in [0.4, 0.5) is 0 Å². The third-order valence-corrected chi connectivity index (χ3v) is 5.06. The molecule has 1 aliphatic rings. The van der Waals surface area contributed by atoms with Gasteiger partial charge in [0.25, 0.3) is 5.56 Å². The first-order valence-electron chi connectivity index (χ1n) is 6.80. The summed E-state index contributed by atoms with van der Waals surface area (Å²) in [6.45, 7) is 2.01. The Morgan fingerprint density at radius 2 is 2.24 bits per heavy atom. The van der Waals surface area contributed by atoms with Gasteiger partial charge < -0.3 is 8.98 Å². The van der Waals surface area contributed by atoms with Gasteiger partial charge in [0.15, 0.2) is 11.1 Å². The fraction of sp³-hybridized carbons (Fsp3) is 0.333. The Hall–Kier alpha value is -1.33. The third kappa shape index (κ3) is 1.87. The second-order valence-corrected chi connectivity index (χ2v) is 6.52. The molecule has 0 N–H and O–H groups in total. The van der Waals surface area contributed by atoms with Crippen LogP contribution in [0, 0.1) is 6.92 Å². The fourth-order valence-electron chi connectivity index (χ4n) is 2.82. The first kappa shape index (κ1) is 13.3. The van der Waals surface area contributed by atoms with E-state index in [0.29, 0.717) is 17.0 Å². The van der Waals surface area contributed by atoms with Crippen LogP contribution >= 0.6 is 27.5 Å². The van der Waals surface area contributed by atoms with Crippen LogP contribution in [0.15, 0.2) is 25.8 Å². The second-order valence-electron chi connectivity index (χ2n) is 5.39. The van der Waals surface area contributed by atoms with E-state index < -0.39 is 0 Å². The average Bonchev–Trinajstić information content (AvgIpc) is 3.21. The van der Waals surface area contributed by atoms with Gasteiger partial charge in [-0.05, 0) is 37.5 Å². The summed E-state index contributed by atoms with van der Waals surface area (Å²) < 4.78 is 8.55. The zero-order valence-corrected chi connectivity index (χ0v) is 13.7. The summed E-state index contributed by atoms with van der Waals surface area (Å²) in [5.74, 6) is 0.549. The molecule has 1 aliphatic carbocycles. The summed E-state index contributed by atoms with van der Waals surface area (Å²) in [7, 11) is 0. The van der Waals surface area contributed by atoms with Gasteiger partial charge in [-0.15, -0.1) is 11.6 Å². The van der Waals surface area contributed by atoms with Crippen molar-refractivity contribution in [2.75, 3.05) is 0 Å². The van der Waals surface area contributed by atoms with Crippen LogP contribution in [0.3, 0.4) is 0 Å². The van der Waals surface area contributed by atoms with E-state index >= 15 is 0 Å². The molecule has 0 bridgehead atoms. The minimum absolute atomic E-state index is 0.0821. The van der Waals surface area contributed by atoms with Gasteiger partial charge in [-0.2, -0.15) is 0 Å². The molecule has 0 spiro atoms. The van der Waals surface area contributed by atoms with E-state index in [1.807, 2.05) is 23.6 Å². The highest BCUT2D eigenvalue weighted by atomic mass is 79.9. The quantitative estimate of drug-likeness (QED) is 0.635. The van der Waals surface area contributed by atoms with Gasteiger partial charge >= 0.3 is 0 Å². The van der Waals surface area contributed by atoms with E-state index in [1.165, 1.54) is 0 Å². The molecule has 2 heterocycles. The molecule has 1 saturated carbocycles. The van der Waals surface area contributed by atoms with E-state index in [9.17, 15) is 4.79 Å². The zero-order valence-electron chi connectivity index (χ0n) is 11.3. The number of pyridine rings is 1. The summed E-state index contributed by atoms with van der Waals surface area (Å²) in [6.07, 6.45) is 2.07. The van der Waals surface area contributed by atoms with Gasteiger partial charge in [0, 0.05) is 15.9 Å². The van der Waals surface area contributed by atoms with Crippen molar-refractivity contribution in [2.45, 2.75) is 31.7 Å². The number of oxazole rings is 1. The van der Waals surface area contributed by atoms with Crippen LogP contribution in [0.25, 0.3) is 22.0 Å². The molecule has 0 atom stereocenters. The lowest BCUT2D eigenvalue weighted by molar-refractivity contribution is 0.557. The molecule has 4 nitrogen and oxygen atoms in total. The first-order valence-corrected chi connectivity index (χ1v) is 8.13. The second kappa shape index (κ2) is 4.58. The predicted octanol–water partition coefficient (Wildman–Crippen LogP) is 4.29. The van der Waals surface area contributed by atoms with E-state index in [4.69, 9.17) is 16.0 Å². The Bertz CT molecular complexity index is 940. The number of hydrogen-bond donors (Lipinski definition) is 0. The molecule has 0 unspecified atom stereocenters. The SMILES string of the molecule is Cc1c(Br)ccc2c3oc(CCl)nc3c(=O)n(C3CC3)c12. The Labute approximate surface area is 133 Å². The number of nitrogens with zero attached hydrogens (tertiary/aromatic N) is 2. The summed E-state index contributed by atoms with van der Waals surface area (Å²) in [5, 5.41) is 0.918. The normalized spacial score (nSPS) is 15.2. The van der Waals surface area contributed by atoms with Crippen molar-refractivity contribution in [1.29, 1.82) is 0 Å². The van der Waals surface area contributed by atoms with E-state index in [0.717, 1.165) is 33.8 Å². The van der Waals surface area contributed by atoms with Gasteiger partial charge in [0.1, 0.15) is 0 Å². The van der Waals surface area contributed by atoms with Crippen molar-refractivity contribution in [3.63, 3.8) is 0 Å². The van der Waals surface area contributed by atoms with E-state index in [2.05, 4.69) is 20.9 Å². The van der Waals surface area contributed by atoms with Crippen molar-refractivity contribution in [2.24, 2.45) is 0 Å². The maximum Gasteiger partial charge on any atom is 0.281 e. The first-order chi connectivity index (χ1) is 10.1. The molecule has 0 radical (unpaired) electrons. The lowest BCUT2D eigenvalue weighted by atomic mass is 10.1. The molecular formula is C15H12BrClN2O2.